The van der Waals surface area contributed by atoms with E-state index in [4.69, 9.17) is 27.9 Å². The zero-order valence-electron chi connectivity index (χ0n) is 11.1. The van der Waals surface area contributed by atoms with Crippen LogP contribution in [0.3, 0.4) is 0 Å². The van der Waals surface area contributed by atoms with Crippen LogP contribution in [0.4, 0.5) is 10.1 Å². The fourth-order valence-corrected chi connectivity index (χ4v) is 2.00. The van der Waals surface area contributed by atoms with Gasteiger partial charge in [-0.1, -0.05) is 35.3 Å². The average Bonchev–Trinajstić information content (AvgIpc) is 2.49. The summed E-state index contributed by atoms with van der Waals surface area (Å²) in [6.45, 7) is -0.573. The molecule has 7 heteroatoms. The summed E-state index contributed by atoms with van der Waals surface area (Å²) < 4.78 is 18.3. The number of esters is 1. The summed E-state index contributed by atoms with van der Waals surface area (Å²) in [5.74, 6) is -2.08. The van der Waals surface area contributed by atoms with Gasteiger partial charge in [-0.25, -0.2) is 9.18 Å². The van der Waals surface area contributed by atoms with Gasteiger partial charge in [-0.15, -0.1) is 0 Å². The Labute approximate surface area is 135 Å². The van der Waals surface area contributed by atoms with Crippen molar-refractivity contribution in [3.63, 3.8) is 0 Å². The molecule has 0 heterocycles. The van der Waals surface area contributed by atoms with Crippen molar-refractivity contribution in [1.29, 1.82) is 0 Å². The highest BCUT2D eigenvalue weighted by atomic mass is 35.5. The van der Waals surface area contributed by atoms with Crippen molar-refractivity contribution < 1.29 is 18.7 Å². The number of halogens is 3. The first-order valence-electron chi connectivity index (χ1n) is 6.14. The molecule has 114 valence electrons. The number of carbonyl (C=O) groups is 2. The highest BCUT2D eigenvalue weighted by Gasteiger charge is 2.14. The molecule has 0 aromatic heterocycles. The number of hydrogen-bond donors (Lipinski definition) is 1. The number of carbonyl (C=O) groups excluding carboxylic acids is 2. The molecule has 0 aliphatic heterocycles. The van der Waals surface area contributed by atoms with E-state index in [0.29, 0.717) is 0 Å². The van der Waals surface area contributed by atoms with E-state index in [9.17, 15) is 14.0 Å². The van der Waals surface area contributed by atoms with Crippen LogP contribution in [0, 0.1) is 5.82 Å². The number of hydrogen-bond acceptors (Lipinski definition) is 3. The lowest BCUT2D eigenvalue weighted by molar-refractivity contribution is -0.119. The number of amides is 1. The Balaban J connectivity index is 1.94. The second-order valence-electron chi connectivity index (χ2n) is 4.23. The van der Waals surface area contributed by atoms with Crippen molar-refractivity contribution >= 4 is 40.8 Å². The van der Waals surface area contributed by atoms with Gasteiger partial charge in [-0.3, -0.25) is 4.79 Å². The third-order valence-corrected chi connectivity index (χ3v) is 3.20. The molecule has 0 saturated heterocycles. The fraction of sp³-hybridized carbons (Fsp3) is 0.0667. The summed E-state index contributed by atoms with van der Waals surface area (Å²) in [4.78, 5) is 23.4. The van der Waals surface area contributed by atoms with Gasteiger partial charge in [0, 0.05) is 5.02 Å². The fourth-order valence-electron chi connectivity index (χ4n) is 1.62. The zero-order chi connectivity index (χ0) is 16.1. The van der Waals surface area contributed by atoms with Gasteiger partial charge >= 0.3 is 5.97 Å². The van der Waals surface area contributed by atoms with Crippen LogP contribution in [0.1, 0.15) is 10.4 Å². The van der Waals surface area contributed by atoms with Crippen molar-refractivity contribution in [2.24, 2.45) is 0 Å². The molecular formula is C15H10Cl2FNO3. The van der Waals surface area contributed by atoms with Crippen molar-refractivity contribution in [2.75, 3.05) is 11.9 Å². The molecule has 0 saturated carbocycles. The maximum Gasteiger partial charge on any atom is 0.340 e. The van der Waals surface area contributed by atoms with Crippen molar-refractivity contribution in [2.45, 2.75) is 0 Å². The molecule has 0 atom stereocenters. The van der Waals surface area contributed by atoms with Gasteiger partial charge in [-0.05, 0) is 30.3 Å². The maximum atomic E-state index is 13.4. The molecule has 22 heavy (non-hydrogen) atoms. The molecule has 0 aliphatic rings. The molecule has 0 radical (unpaired) electrons. The molecule has 2 aromatic rings. The van der Waals surface area contributed by atoms with Gasteiger partial charge in [-0.2, -0.15) is 0 Å². The van der Waals surface area contributed by atoms with Crippen LogP contribution < -0.4 is 5.32 Å². The lowest BCUT2D eigenvalue weighted by Gasteiger charge is -2.08. The van der Waals surface area contributed by atoms with E-state index in [2.05, 4.69) is 5.32 Å². The topological polar surface area (TPSA) is 55.4 Å². The second-order valence-corrected chi connectivity index (χ2v) is 5.07. The molecule has 0 bridgehead atoms. The van der Waals surface area contributed by atoms with Gasteiger partial charge in [0.2, 0.25) is 0 Å². The normalized spacial score (nSPS) is 10.1. The van der Waals surface area contributed by atoms with Crippen LogP contribution in [0.15, 0.2) is 42.5 Å². The minimum atomic E-state index is -0.743. The Kier molecular flexibility index (Phi) is 5.35. The summed E-state index contributed by atoms with van der Waals surface area (Å²) in [6.07, 6.45) is 0. The Morgan fingerprint density at radius 1 is 1.14 bits per heavy atom. The van der Waals surface area contributed by atoms with Gasteiger partial charge in [0.15, 0.2) is 6.61 Å². The van der Waals surface area contributed by atoms with Crippen molar-refractivity contribution in [3.8, 4) is 0 Å². The molecule has 2 aromatic carbocycles. The van der Waals surface area contributed by atoms with Crippen LogP contribution in [0.5, 0.6) is 0 Å². The van der Waals surface area contributed by atoms with E-state index in [1.165, 1.54) is 24.3 Å². The van der Waals surface area contributed by atoms with E-state index in [0.717, 1.165) is 6.07 Å². The zero-order valence-corrected chi connectivity index (χ0v) is 12.6. The number of benzene rings is 2. The lowest BCUT2D eigenvalue weighted by atomic mass is 10.2. The molecule has 0 aliphatic carbocycles. The predicted octanol–water partition coefficient (Wildman–Crippen LogP) is 3.93. The van der Waals surface area contributed by atoms with Crippen molar-refractivity contribution in [1.82, 2.24) is 0 Å². The monoisotopic (exact) mass is 341 g/mol. The molecule has 0 spiro atoms. The largest absolute Gasteiger partial charge is 0.452 e. The molecule has 1 amide bonds. The van der Waals surface area contributed by atoms with E-state index in [1.54, 1.807) is 12.1 Å². The number of nitrogens with one attached hydrogen (secondary N) is 1. The van der Waals surface area contributed by atoms with Crippen molar-refractivity contribution in [3.05, 3.63) is 63.9 Å². The smallest absolute Gasteiger partial charge is 0.340 e. The SMILES string of the molecule is O=C(COC(=O)c1ccccc1Cl)Nc1cc(Cl)ccc1F. The summed E-state index contributed by atoms with van der Waals surface area (Å²) >= 11 is 11.5. The van der Waals surface area contributed by atoms with Crippen LogP contribution in [0.25, 0.3) is 0 Å². The summed E-state index contributed by atoms with van der Waals surface area (Å²) in [5.41, 5.74) is 0.0530. The average molecular weight is 342 g/mol. The van der Waals surface area contributed by atoms with Gasteiger partial charge in [0.25, 0.3) is 5.91 Å². The standard InChI is InChI=1S/C15H10Cl2FNO3/c16-9-5-6-12(18)13(7-9)19-14(20)8-22-15(21)10-3-1-2-4-11(10)17/h1-7H,8H2,(H,19,20). The third kappa shape index (κ3) is 4.19. The third-order valence-electron chi connectivity index (χ3n) is 2.63. The summed E-state index contributed by atoms with van der Waals surface area (Å²) in [7, 11) is 0. The van der Waals surface area contributed by atoms with Crippen LogP contribution >= 0.6 is 23.2 Å². The summed E-state index contributed by atoms with van der Waals surface area (Å²) in [6, 6.07) is 10.00. The van der Waals surface area contributed by atoms with Gasteiger partial charge < -0.3 is 10.1 Å². The van der Waals surface area contributed by atoms with Gasteiger partial charge in [0.1, 0.15) is 5.82 Å². The molecule has 2 rings (SSSR count). The Morgan fingerprint density at radius 3 is 2.59 bits per heavy atom. The van der Waals surface area contributed by atoms with E-state index in [-0.39, 0.29) is 21.3 Å². The van der Waals surface area contributed by atoms with E-state index in [1.807, 2.05) is 0 Å². The molecule has 1 N–H and O–H groups in total. The van der Waals surface area contributed by atoms with Gasteiger partial charge in [0.05, 0.1) is 16.3 Å². The van der Waals surface area contributed by atoms with E-state index >= 15 is 0 Å². The maximum absolute atomic E-state index is 13.4. The second kappa shape index (κ2) is 7.24. The molecular weight excluding hydrogens is 332 g/mol. The van der Waals surface area contributed by atoms with Crippen LogP contribution in [-0.2, 0) is 9.53 Å². The minimum absolute atomic E-state index is 0.0914. The first-order chi connectivity index (χ1) is 10.5. The summed E-state index contributed by atoms with van der Waals surface area (Å²) in [5, 5.41) is 2.75. The number of anilines is 1. The number of ether oxygens (including phenoxy) is 1. The molecule has 0 fully saturated rings. The predicted molar refractivity (Wildman–Crippen MR) is 81.8 cm³/mol. The number of rotatable bonds is 4. The molecule has 4 nitrogen and oxygen atoms in total. The Morgan fingerprint density at radius 2 is 1.86 bits per heavy atom. The quantitative estimate of drug-likeness (QED) is 0.857. The highest BCUT2D eigenvalue weighted by molar-refractivity contribution is 6.33. The highest BCUT2D eigenvalue weighted by Crippen LogP contribution is 2.19. The lowest BCUT2D eigenvalue weighted by Crippen LogP contribution is -2.21. The molecule has 0 unspecified atom stereocenters. The Hall–Kier alpha value is -2.11. The first kappa shape index (κ1) is 16.3. The minimum Gasteiger partial charge on any atom is -0.452 e. The van der Waals surface area contributed by atoms with Crippen LogP contribution in [-0.4, -0.2) is 18.5 Å². The first-order valence-corrected chi connectivity index (χ1v) is 6.89. The van der Waals surface area contributed by atoms with E-state index < -0.39 is 24.3 Å². The van der Waals surface area contributed by atoms with Crippen LogP contribution in [0.2, 0.25) is 10.0 Å². The Bertz CT molecular complexity index is 722.